The zero-order valence-electron chi connectivity index (χ0n) is 16.6. The number of nitrogens with zero attached hydrogens (tertiary/aromatic N) is 2. The monoisotopic (exact) mass is 417 g/mol. The number of oxazole rings is 1. The summed E-state index contributed by atoms with van der Waals surface area (Å²) in [7, 11) is -0.389. The molecule has 1 aromatic carbocycles. The third-order valence-corrected chi connectivity index (χ3v) is 6.60. The van der Waals surface area contributed by atoms with Crippen molar-refractivity contribution >= 4 is 26.8 Å². The fraction of sp³-hybridized carbons (Fsp3) is 0.400. The number of pyridine rings is 1. The Bertz CT molecular complexity index is 1240. The number of benzene rings is 1. The molecule has 1 saturated carbocycles. The summed E-state index contributed by atoms with van der Waals surface area (Å²) in [6.45, 7) is 1.57. The molecule has 0 unspecified atom stereocenters. The summed E-state index contributed by atoms with van der Waals surface area (Å²) >= 11 is 0. The fourth-order valence-electron chi connectivity index (χ4n) is 3.38. The maximum atomic E-state index is 12.2. The first-order valence-electron chi connectivity index (χ1n) is 9.51. The minimum absolute atomic E-state index is 0.0415. The second-order valence-corrected chi connectivity index (χ2v) is 9.28. The summed E-state index contributed by atoms with van der Waals surface area (Å²) < 4.78 is 39.5. The molecule has 0 atom stereocenters. The van der Waals surface area contributed by atoms with E-state index in [2.05, 4.69) is 9.71 Å². The van der Waals surface area contributed by atoms with E-state index in [1.54, 1.807) is 38.4 Å². The molecule has 1 fully saturated rings. The predicted molar refractivity (Wildman–Crippen MR) is 111 cm³/mol. The Balaban J connectivity index is 1.93. The van der Waals surface area contributed by atoms with Gasteiger partial charge in [-0.25, -0.2) is 13.4 Å². The van der Waals surface area contributed by atoms with Gasteiger partial charge in [-0.15, -0.1) is 0 Å². The van der Waals surface area contributed by atoms with Crippen LogP contribution in [0, 0.1) is 0 Å². The number of hydrogen-bond acceptors (Lipinski definition) is 6. The molecule has 9 heteroatoms. The van der Waals surface area contributed by atoms with Crippen LogP contribution in [0.25, 0.3) is 22.2 Å². The lowest BCUT2D eigenvalue weighted by atomic mass is 9.85. The molecule has 0 bridgehead atoms. The van der Waals surface area contributed by atoms with Crippen LogP contribution in [0.2, 0.25) is 0 Å². The molecule has 1 N–H and O–H groups in total. The van der Waals surface area contributed by atoms with Gasteiger partial charge in [-0.1, -0.05) is 6.42 Å². The molecule has 154 valence electrons. The van der Waals surface area contributed by atoms with Crippen molar-refractivity contribution in [3.05, 3.63) is 40.6 Å². The number of ether oxygens (including phenoxy) is 1. The largest absolute Gasteiger partial charge is 0.491 e. The van der Waals surface area contributed by atoms with E-state index >= 15 is 0 Å². The molecule has 2 aromatic heterocycles. The highest BCUT2D eigenvalue weighted by Gasteiger charge is 2.26. The highest BCUT2D eigenvalue weighted by molar-refractivity contribution is 7.92. The van der Waals surface area contributed by atoms with E-state index in [0.29, 0.717) is 39.7 Å². The fourth-order valence-corrected chi connectivity index (χ4v) is 4.00. The summed E-state index contributed by atoms with van der Waals surface area (Å²) in [5, 5.41) is 0. The van der Waals surface area contributed by atoms with Crippen LogP contribution >= 0.6 is 0 Å². The van der Waals surface area contributed by atoms with Crippen LogP contribution in [0.5, 0.6) is 5.75 Å². The van der Waals surface area contributed by atoms with Crippen molar-refractivity contribution in [3.63, 3.8) is 0 Å². The minimum Gasteiger partial charge on any atom is -0.491 e. The van der Waals surface area contributed by atoms with Gasteiger partial charge in [0.15, 0.2) is 17.2 Å². The molecule has 8 nitrogen and oxygen atoms in total. The molecule has 1 aliphatic rings. The van der Waals surface area contributed by atoms with Crippen molar-refractivity contribution < 1.29 is 17.6 Å². The zero-order valence-corrected chi connectivity index (χ0v) is 17.4. The minimum atomic E-state index is -3.46. The van der Waals surface area contributed by atoms with Crippen LogP contribution in [0.4, 0.5) is 5.69 Å². The normalized spacial score (nSPS) is 14.7. The van der Waals surface area contributed by atoms with Gasteiger partial charge in [0.05, 0.1) is 18.6 Å². The predicted octanol–water partition coefficient (Wildman–Crippen LogP) is 3.23. The number of aromatic nitrogens is 2. The van der Waals surface area contributed by atoms with Crippen molar-refractivity contribution in [2.75, 3.05) is 17.6 Å². The number of fused-ring (bicyclic) bond motifs is 1. The van der Waals surface area contributed by atoms with Gasteiger partial charge in [0.25, 0.3) is 5.56 Å². The molecule has 4 rings (SSSR count). The summed E-state index contributed by atoms with van der Waals surface area (Å²) in [6, 6.07) is 5.00. The average Bonchev–Trinajstić information content (AvgIpc) is 3.04. The number of hydrogen-bond donors (Lipinski definition) is 1. The van der Waals surface area contributed by atoms with Gasteiger partial charge in [0.1, 0.15) is 5.52 Å². The lowest BCUT2D eigenvalue weighted by Crippen LogP contribution is -2.18. The second kappa shape index (κ2) is 7.22. The molecule has 1 aliphatic carbocycles. The van der Waals surface area contributed by atoms with E-state index < -0.39 is 10.0 Å². The Morgan fingerprint density at radius 3 is 2.69 bits per heavy atom. The number of rotatable bonds is 6. The molecule has 0 spiro atoms. The number of nitrogens with one attached hydrogen (secondary N) is 1. The van der Waals surface area contributed by atoms with Gasteiger partial charge >= 0.3 is 0 Å². The van der Waals surface area contributed by atoms with Crippen LogP contribution in [-0.4, -0.2) is 30.8 Å². The summed E-state index contributed by atoms with van der Waals surface area (Å²) in [4.78, 5) is 16.8. The molecule has 0 saturated heterocycles. The van der Waals surface area contributed by atoms with Crippen molar-refractivity contribution in [1.29, 1.82) is 0 Å². The van der Waals surface area contributed by atoms with E-state index in [1.807, 2.05) is 0 Å². The van der Waals surface area contributed by atoms with Crippen LogP contribution in [0.3, 0.4) is 0 Å². The number of aryl methyl sites for hydroxylation is 1. The molecule has 2 heterocycles. The maximum Gasteiger partial charge on any atom is 0.292 e. The summed E-state index contributed by atoms with van der Waals surface area (Å²) in [5.41, 5.74) is 2.59. The standard InChI is InChI=1S/C20H23N3O5S/c1-4-29(25,26)22-14-9-15(13-8-17(27-3)20(24)23(2)11-13)18-16(10-14)21-19(28-18)12-6-5-7-12/h8-12,22H,4-7H2,1-3H3. The molecule has 3 aromatic rings. The lowest BCUT2D eigenvalue weighted by Gasteiger charge is -2.21. The Kier molecular flexibility index (Phi) is 4.85. The van der Waals surface area contributed by atoms with Crippen molar-refractivity contribution in [1.82, 2.24) is 9.55 Å². The highest BCUT2D eigenvalue weighted by atomic mass is 32.2. The first-order valence-corrected chi connectivity index (χ1v) is 11.2. The van der Waals surface area contributed by atoms with E-state index in [-0.39, 0.29) is 17.1 Å². The molecular weight excluding hydrogens is 394 g/mol. The number of methoxy groups -OCH3 is 1. The van der Waals surface area contributed by atoms with Crippen LogP contribution in [-0.2, 0) is 17.1 Å². The Morgan fingerprint density at radius 1 is 1.31 bits per heavy atom. The van der Waals surface area contributed by atoms with Crippen LogP contribution < -0.4 is 15.0 Å². The summed E-state index contributed by atoms with van der Waals surface area (Å²) in [5.74, 6) is 1.11. The van der Waals surface area contributed by atoms with Crippen LogP contribution in [0.15, 0.2) is 33.6 Å². The molecule has 29 heavy (non-hydrogen) atoms. The van der Waals surface area contributed by atoms with Crippen molar-refractivity contribution in [2.45, 2.75) is 32.1 Å². The Labute approximate surface area is 168 Å². The Morgan fingerprint density at radius 2 is 2.07 bits per heavy atom. The second-order valence-electron chi connectivity index (χ2n) is 7.27. The quantitative estimate of drug-likeness (QED) is 0.660. The third-order valence-electron chi connectivity index (χ3n) is 5.30. The molecular formula is C20H23N3O5S. The van der Waals surface area contributed by atoms with Gasteiger partial charge in [0, 0.05) is 30.3 Å². The SMILES string of the molecule is CCS(=O)(=O)Nc1cc(-c2cc(OC)c(=O)n(C)c2)c2oc(C3CCC3)nc2c1. The first kappa shape index (κ1) is 19.5. The van der Waals surface area contributed by atoms with E-state index in [4.69, 9.17) is 9.15 Å². The summed E-state index contributed by atoms with van der Waals surface area (Å²) in [6.07, 6.45) is 4.88. The smallest absolute Gasteiger partial charge is 0.292 e. The topological polar surface area (TPSA) is 103 Å². The highest BCUT2D eigenvalue weighted by Crippen LogP contribution is 2.40. The van der Waals surface area contributed by atoms with Gasteiger partial charge < -0.3 is 13.7 Å². The van der Waals surface area contributed by atoms with Gasteiger partial charge in [-0.2, -0.15) is 0 Å². The van der Waals surface area contributed by atoms with Gasteiger partial charge in [-0.05, 0) is 38.0 Å². The van der Waals surface area contributed by atoms with Crippen LogP contribution in [0.1, 0.15) is 38.0 Å². The maximum absolute atomic E-state index is 12.2. The average molecular weight is 417 g/mol. The zero-order chi connectivity index (χ0) is 20.8. The number of anilines is 1. The molecule has 0 amide bonds. The lowest BCUT2D eigenvalue weighted by molar-refractivity contribution is 0.344. The Hall–Kier alpha value is -2.81. The third kappa shape index (κ3) is 3.62. The van der Waals surface area contributed by atoms with E-state index in [0.717, 1.165) is 19.3 Å². The first-order chi connectivity index (χ1) is 13.8. The van der Waals surface area contributed by atoms with E-state index in [9.17, 15) is 13.2 Å². The molecule has 0 radical (unpaired) electrons. The van der Waals surface area contributed by atoms with Gasteiger partial charge in [-0.3, -0.25) is 9.52 Å². The van der Waals surface area contributed by atoms with Gasteiger partial charge in [0.2, 0.25) is 10.0 Å². The van der Waals surface area contributed by atoms with Crippen molar-refractivity contribution in [3.8, 4) is 16.9 Å². The van der Waals surface area contributed by atoms with Crippen molar-refractivity contribution in [2.24, 2.45) is 7.05 Å². The van der Waals surface area contributed by atoms with E-state index in [1.165, 1.54) is 11.7 Å². The number of sulfonamides is 1. The molecule has 0 aliphatic heterocycles.